The van der Waals surface area contributed by atoms with E-state index in [0.717, 1.165) is 32.0 Å². The minimum absolute atomic E-state index is 0.472. The second-order valence-electron chi connectivity index (χ2n) is 6.59. The van der Waals surface area contributed by atoms with Crippen LogP contribution in [-0.4, -0.2) is 52.2 Å². The average Bonchev–Trinajstić information content (AvgIpc) is 2.68. The summed E-state index contributed by atoms with van der Waals surface area (Å²) in [5.74, 6) is 0.816. The van der Waals surface area contributed by atoms with Crippen LogP contribution < -0.4 is 5.32 Å². The molecule has 0 radical (unpaired) electrons. The summed E-state index contributed by atoms with van der Waals surface area (Å²) in [4.78, 5) is 19.0. The summed E-state index contributed by atoms with van der Waals surface area (Å²) in [6.07, 6.45) is 6.43. The molecule has 0 saturated carbocycles. The fourth-order valence-corrected chi connectivity index (χ4v) is 3.25. The quantitative estimate of drug-likeness (QED) is 0.834. The number of halogens is 1. The molecule has 0 atom stereocenters. The molecule has 1 saturated heterocycles. The maximum absolute atomic E-state index is 13.0. The molecule has 3 aliphatic heterocycles. The number of ether oxygens (including phenoxy) is 1. The number of amidine groups is 1. The molecule has 0 unspecified atom stereocenters. The highest BCUT2D eigenvalue weighted by Crippen LogP contribution is 2.22. The third kappa shape index (κ3) is 4.13. The lowest BCUT2D eigenvalue weighted by atomic mass is 9.94. The molecular formula is C18H21FN6O. The van der Waals surface area contributed by atoms with Crippen molar-refractivity contribution < 1.29 is 9.13 Å². The van der Waals surface area contributed by atoms with Gasteiger partial charge in [0.05, 0.1) is 5.69 Å². The largest absolute Gasteiger partial charge is 0.449 e. The molecule has 2 aromatic rings. The van der Waals surface area contributed by atoms with E-state index in [-0.39, 0.29) is 0 Å². The molecular weight excluding hydrogens is 335 g/mol. The number of aromatic nitrogens is 3. The zero-order valence-corrected chi connectivity index (χ0v) is 14.4. The van der Waals surface area contributed by atoms with E-state index >= 15 is 0 Å². The smallest absolute Gasteiger partial charge is 0.291 e. The molecule has 0 spiro atoms. The Kier molecular flexibility index (Phi) is 5.01. The predicted octanol–water partition coefficient (Wildman–Crippen LogP) is 2.54. The molecule has 5 rings (SSSR count). The van der Waals surface area contributed by atoms with Crippen molar-refractivity contribution in [2.45, 2.75) is 19.3 Å². The Morgan fingerprint density at radius 3 is 2.81 bits per heavy atom. The van der Waals surface area contributed by atoms with Crippen molar-refractivity contribution in [3.8, 4) is 11.3 Å². The molecule has 5 heterocycles. The number of anilines is 1. The van der Waals surface area contributed by atoms with Gasteiger partial charge in [0.1, 0.15) is 18.9 Å². The molecule has 3 aliphatic rings. The molecule has 7 nitrogen and oxygen atoms in total. The van der Waals surface area contributed by atoms with Crippen molar-refractivity contribution in [2.24, 2.45) is 10.9 Å². The highest BCUT2D eigenvalue weighted by Gasteiger charge is 2.21. The van der Waals surface area contributed by atoms with Crippen molar-refractivity contribution in [2.75, 3.05) is 31.7 Å². The Balaban J connectivity index is 1.49. The molecule has 1 fully saturated rings. The van der Waals surface area contributed by atoms with Crippen LogP contribution in [0.3, 0.4) is 0 Å². The number of pyridine rings is 1. The zero-order valence-electron chi connectivity index (χ0n) is 14.4. The molecule has 0 aromatic carbocycles. The number of hydrogen-bond donors (Lipinski definition) is 1. The van der Waals surface area contributed by atoms with Crippen LogP contribution in [0.1, 0.15) is 19.3 Å². The van der Waals surface area contributed by atoms with E-state index in [0.29, 0.717) is 29.8 Å². The van der Waals surface area contributed by atoms with Crippen LogP contribution in [0.4, 0.5) is 10.2 Å². The Morgan fingerprint density at radius 1 is 1.12 bits per heavy atom. The van der Waals surface area contributed by atoms with Gasteiger partial charge < -0.3 is 4.74 Å². The Morgan fingerprint density at radius 2 is 2.00 bits per heavy atom. The van der Waals surface area contributed by atoms with Gasteiger partial charge in [-0.1, -0.05) is 0 Å². The number of piperidine rings is 1. The van der Waals surface area contributed by atoms with Crippen molar-refractivity contribution in [1.29, 1.82) is 0 Å². The summed E-state index contributed by atoms with van der Waals surface area (Å²) in [6, 6.07) is 5.18. The molecule has 2 aromatic heterocycles. The molecule has 26 heavy (non-hydrogen) atoms. The zero-order chi connectivity index (χ0) is 17.8. The van der Waals surface area contributed by atoms with E-state index in [1.165, 1.54) is 31.4 Å². The number of fused-ring (bicyclic) bond motifs is 6. The Bertz CT molecular complexity index is 774. The first-order chi connectivity index (χ1) is 12.8. The molecule has 0 aliphatic carbocycles. The van der Waals surface area contributed by atoms with E-state index in [1.807, 2.05) is 0 Å². The van der Waals surface area contributed by atoms with Gasteiger partial charge in [0.25, 0.3) is 6.02 Å². The lowest BCUT2D eigenvalue weighted by Crippen LogP contribution is -2.38. The topological polar surface area (TPSA) is 75.5 Å². The summed E-state index contributed by atoms with van der Waals surface area (Å²) in [6.45, 7) is 3.42. The van der Waals surface area contributed by atoms with Crippen molar-refractivity contribution >= 4 is 11.8 Å². The van der Waals surface area contributed by atoms with Gasteiger partial charge in [-0.05, 0) is 37.3 Å². The number of nitrogens with zero attached hydrogens (tertiary/aromatic N) is 5. The van der Waals surface area contributed by atoms with Crippen molar-refractivity contribution in [3.05, 3.63) is 36.7 Å². The summed E-state index contributed by atoms with van der Waals surface area (Å²) in [5.41, 5.74) is 1.37. The maximum atomic E-state index is 13.0. The van der Waals surface area contributed by atoms with Crippen LogP contribution in [0.2, 0.25) is 0 Å². The summed E-state index contributed by atoms with van der Waals surface area (Å²) in [5, 5.41) is 3.13. The normalized spacial score (nSPS) is 23.0. The van der Waals surface area contributed by atoms with Crippen LogP contribution in [0.15, 0.2) is 35.7 Å². The third-order valence-corrected chi connectivity index (χ3v) is 4.81. The second-order valence-corrected chi connectivity index (χ2v) is 6.59. The van der Waals surface area contributed by atoms with E-state index in [9.17, 15) is 4.39 Å². The monoisotopic (exact) mass is 356 g/mol. The van der Waals surface area contributed by atoms with Gasteiger partial charge in [-0.25, -0.2) is 19.9 Å². The predicted molar refractivity (Wildman–Crippen MR) is 96.0 cm³/mol. The number of hydrogen-bond acceptors (Lipinski definition) is 7. The first kappa shape index (κ1) is 16.8. The van der Waals surface area contributed by atoms with E-state index in [1.54, 1.807) is 12.1 Å². The Labute approximate surface area is 151 Å². The fourth-order valence-electron chi connectivity index (χ4n) is 3.25. The first-order valence-electron chi connectivity index (χ1n) is 8.87. The van der Waals surface area contributed by atoms with E-state index < -0.39 is 5.95 Å². The fraction of sp³-hybridized carbons (Fsp3) is 0.444. The molecule has 2 bridgehead atoms. The van der Waals surface area contributed by atoms with E-state index in [4.69, 9.17) is 4.74 Å². The van der Waals surface area contributed by atoms with Gasteiger partial charge in [-0.2, -0.15) is 4.39 Å². The highest BCUT2D eigenvalue weighted by molar-refractivity contribution is 5.88. The van der Waals surface area contributed by atoms with Gasteiger partial charge >= 0.3 is 0 Å². The highest BCUT2D eigenvalue weighted by atomic mass is 19.1. The number of rotatable bonds is 2. The summed E-state index contributed by atoms with van der Waals surface area (Å²) in [7, 11) is 0. The standard InChI is InChI=1S/C18H21FN6O/c19-16-2-1-14(10-21-16)15-9-17(23-11-22-15)24-18-20-6-3-13-4-7-25(8-5-13)12-26-18/h1-2,9-11,13H,3-8,12H2,(H,20,22,23,24). The first-order valence-corrected chi connectivity index (χ1v) is 8.87. The van der Waals surface area contributed by atoms with Gasteiger partial charge in [0, 0.05) is 37.5 Å². The van der Waals surface area contributed by atoms with Crippen molar-refractivity contribution in [3.63, 3.8) is 0 Å². The van der Waals surface area contributed by atoms with Crippen LogP contribution in [0.5, 0.6) is 0 Å². The molecule has 0 amide bonds. The van der Waals surface area contributed by atoms with Gasteiger partial charge in [-0.15, -0.1) is 0 Å². The molecule has 8 heteroatoms. The summed E-state index contributed by atoms with van der Waals surface area (Å²) >= 11 is 0. The second kappa shape index (κ2) is 7.74. The lowest BCUT2D eigenvalue weighted by molar-refractivity contribution is 0.0761. The van der Waals surface area contributed by atoms with Crippen LogP contribution >= 0.6 is 0 Å². The van der Waals surface area contributed by atoms with Crippen LogP contribution in [0.25, 0.3) is 11.3 Å². The Hall–Kier alpha value is -2.61. The van der Waals surface area contributed by atoms with Crippen LogP contribution in [-0.2, 0) is 4.74 Å². The van der Waals surface area contributed by atoms with Gasteiger partial charge in [-0.3, -0.25) is 10.2 Å². The van der Waals surface area contributed by atoms with Crippen LogP contribution in [0, 0.1) is 11.9 Å². The van der Waals surface area contributed by atoms with Gasteiger partial charge in [0.2, 0.25) is 5.95 Å². The molecule has 136 valence electrons. The maximum Gasteiger partial charge on any atom is 0.291 e. The minimum Gasteiger partial charge on any atom is -0.449 e. The summed E-state index contributed by atoms with van der Waals surface area (Å²) < 4.78 is 18.9. The third-order valence-electron chi connectivity index (χ3n) is 4.81. The van der Waals surface area contributed by atoms with Gasteiger partial charge in [0.15, 0.2) is 0 Å². The SMILES string of the molecule is Fc1ccc(-c2cc(NC3=NCCC4CCN(CC4)CO3)ncn2)cn1. The minimum atomic E-state index is -0.519. The van der Waals surface area contributed by atoms with E-state index in [2.05, 4.69) is 30.2 Å². The number of nitrogens with one attached hydrogen (secondary N) is 1. The van der Waals surface area contributed by atoms with Crippen molar-refractivity contribution in [1.82, 2.24) is 19.9 Å². The lowest BCUT2D eigenvalue weighted by Gasteiger charge is -2.32. The number of aliphatic imine (C=N–C) groups is 1. The molecule has 1 N–H and O–H groups in total. The average molecular weight is 356 g/mol.